The standard InChI is InChI=1S/C11H11ClO3/c1-7(13)15-11(14)5-4-8-6-9(12)2-3-10(8)11/h2-3,6,14H,4-5H2,1H3. The van der Waals surface area contributed by atoms with Crippen molar-refractivity contribution < 1.29 is 14.6 Å². The predicted octanol–water partition coefficient (Wildman–Crippen LogP) is 1.99. The molecule has 0 spiro atoms. The van der Waals surface area contributed by atoms with Crippen LogP contribution in [0, 0.1) is 0 Å². The number of esters is 1. The van der Waals surface area contributed by atoms with E-state index in [1.54, 1.807) is 18.2 Å². The number of halogens is 1. The average Bonchev–Trinajstić information content (AvgIpc) is 2.42. The molecular weight excluding hydrogens is 216 g/mol. The molecule has 2 rings (SSSR count). The monoisotopic (exact) mass is 226 g/mol. The number of ether oxygens (including phenoxy) is 1. The molecule has 0 saturated heterocycles. The molecule has 1 aliphatic carbocycles. The van der Waals surface area contributed by atoms with Crippen LogP contribution in [0.4, 0.5) is 0 Å². The fraction of sp³-hybridized carbons (Fsp3) is 0.364. The van der Waals surface area contributed by atoms with E-state index in [0.717, 1.165) is 5.56 Å². The van der Waals surface area contributed by atoms with Crippen molar-refractivity contribution in [2.24, 2.45) is 0 Å². The molecule has 0 heterocycles. The molecule has 0 amide bonds. The van der Waals surface area contributed by atoms with Crippen molar-refractivity contribution in [1.29, 1.82) is 0 Å². The first-order valence-corrected chi connectivity index (χ1v) is 5.10. The molecule has 0 radical (unpaired) electrons. The molecule has 0 aromatic heterocycles. The highest BCUT2D eigenvalue weighted by atomic mass is 35.5. The second kappa shape index (κ2) is 3.51. The fourth-order valence-corrected chi connectivity index (χ4v) is 2.13. The molecule has 1 aliphatic rings. The Kier molecular flexibility index (Phi) is 2.44. The Bertz CT molecular complexity index is 416. The maximum absolute atomic E-state index is 10.9. The Morgan fingerprint density at radius 2 is 2.33 bits per heavy atom. The number of aliphatic hydroxyl groups is 1. The van der Waals surface area contributed by atoms with Gasteiger partial charge in [0, 0.05) is 23.9 Å². The van der Waals surface area contributed by atoms with Gasteiger partial charge in [0.05, 0.1) is 0 Å². The minimum Gasteiger partial charge on any atom is -0.429 e. The summed E-state index contributed by atoms with van der Waals surface area (Å²) in [6.45, 7) is 1.28. The van der Waals surface area contributed by atoms with Gasteiger partial charge >= 0.3 is 5.97 Å². The fourth-order valence-electron chi connectivity index (χ4n) is 1.93. The van der Waals surface area contributed by atoms with Gasteiger partial charge in [-0.05, 0) is 24.1 Å². The Morgan fingerprint density at radius 3 is 3.00 bits per heavy atom. The molecule has 1 aromatic carbocycles. The van der Waals surface area contributed by atoms with E-state index in [4.69, 9.17) is 16.3 Å². The zero-order valence-corrected chi connectivity index (χ0v) is 9.04. The largest absolute Gasteiger partial charge is 0.429 e. The Hall–Kier alpha value is -1.06. The lowest BCUT2D eigenvalue weighted by Crippen LogP contribution is -2.28. The van der Waals surface area contributed by atoms with Crippen molar-refractivity contribution in [1.82, 2.24) is 0 Å². The van der Waals surface area contributed by atoms with Crippen LogP contribution >= 0.6 is 11.6 Å². The second-order valence-electron chi connectivity index (χ2n) is 3.68. The number of fused-ring (bicyclic) bond motifs is 1. The van der Waals surface area contributed by atoms with Crippen LogP contribution < -0.4 is 0 Å². The van der Waals surface area contributed by atoms with Crippen molar-refractivity contribution in [3.63, 3.8) is 0 Å². The molecule has 1 N–H and O–H groups in total. The van der Waals surface area contributed by atoms with Crippen LogP contribution in [-0.4, -0.2) is 11.1 Å². The Balaban J connectivity index is 2.39. The number of rotatable bonds is 1. The quantitative estimate of drug-likeness (QED) is 0.589. The van der Waals surface area contributed by atoms with Gasteiger partial charge in [-0.2, -0.15) is 0 Å². The van der Waals surface area contributed by atoms with Gasteiger partial charge in [0.15, 0.2) is 0 Å². The topological polar surface area (TPSA) is 46.5 Å². The van der Waals surface area contributed by atoms with Crippen molar-refractivity contribution in [2.45, 2.75) is 25.6 Å². The third-order valence-electron chi connectivity index (χ3n) is 2.53. The van der Waals surface area contributed by atoms with E-state index >= 15 is 0 Å². The zero-order valence-electron chi connectivity index (χ0n) is 8.29. The van der Waals surface area contributed by atoms with E-state index in [1.807, 2.05) is 0 Å². The number of benzene rings is 1. The minimum atomic E-state index is -1.47. The van der Waals surface area contributed by atoms with Crippen LogP contribution in [-0.2, 0) is 21.7 Å². The second-order valence-corrected chi connectivity index (χ2v) is 4.12. The van der Waals surface area contributed by atoms with E-state index in [0.29, 0.717) is 23.4 Å². The first kappa shape index (κ1) is 10.5. The first-order valence-electron chi connectivity index (χ1n) is 4.72. The molecule has 0 fully saturated rings. The lowest BCUT2D eigenvalue weighted by Gasteiger charge is -2.23. The summed E-state index contributed by atoms with van der Waals surface area (Å²) in [5, 5.41) is 10.7. The van der Waals surface area contributed by atoms with Gasteiger partial charge in [-0.15, -0.1) is 0 Å². The average molecular weight is 227 g/mol. The van der Waals surface area contributed by atoms with Gasteiger partial charge in [0.25, 0.3) is 0 Å². The Labute approximate surface area is 92.6 Å². The highest BCUT2D eigenvalue weighted by Crippen LogP contribution is 2.38. The highest BCUT2D eigenvalue weighted by Gasteiger charge is 2.39. The summed E-state index contributed by atoms with van der Waals surface area (Å²) < 4.78 is 4.94. The van der Waals surface area contributed by atoms with Crippen molar-refractivity contribution in [2.75, 3.05) is 0 Å². The third-order valence-corrected chi connectivity index (χ3v) is 2.77. The minimum absolute atomic E-state index is 0.391. The summed E-state index contributed by atoms with van der Waals surface area (Å²) in [7, 11) is 0. The summed E-state index contributed by atoms with van der Waals surface area (Å²) >= 11 is 5.83. The van der Waals surface area contributed by atoms with Gasteiger partial charge < -0.3 is 9.84 Å². The van der Waals surface area contributed by atoms with Crippen molar-refractivity contribution in [3.8, 4) is 0 Å². The predicted molar refractivity (Wildman–Crippen MR) is 55.4 cm³/mol. The highest BCUT2D eigenvalue weighted by molar-refractivity contribution is 6.30. The summed E-state index contributed by atoms with van der Waals surface area (Å²) in [6.07, 6.45) is 1.06. The van der Waals surface area contributed by atoms with Crippen LogP contribution in [0.15, 0.2) is 18.2 Å². The molecule has 0 aliphatic heterocycles. The van der Waals surface area contributed by atoms with Crippen molar-refractivity contribution in [3.05, 3.63) is 34.3 Å². The number of hydrogen-bond donors (Lipinski definition) is 1. The van der Waals surface area contributed by atoms with Crippen molar-refractivity contribution >= 4 is 17.6 Å². The van der Waals surface area contributed by atoms with Gasteiger partial charge in [0.1, 0.15) is 0 Å². The number of carbonyl (C=O) groups is 1. The van der Waals surface area contributed by atoms with E-state index in [-0.39, 0.29) is 0 Å². The maximum atomic E-state index is 10.9. The van der Waals surface area contributed by atoms with Crippen LogP contribution in [0.25, 0.3) is 0 Å². The van der Waals surface area contributed by atoms with Gasteiger partial charge in [0.2, 0.25) is 5.79 Å². The third kappa shape index (κ3) is 1.85. The number of carbonyl (C=O) groups excluding carboxylic acids is 1. The summed E-state index contributed by atoms with van der Waals surface area (Å²) in [5.41, 5.74) is 1.58. The normalized spacial score (nSPS) is 23.7. The molecule has 0 saturated carbocycles. The van der Waals surface area contributed by atoms with Crippen LogP contribution in [0.1, 0.15) is 24.5 Å². The Morgan fingerprint density at radius 1 is 1.60 bits per heavy atom. The molecule has 1 unspecified atom stereocenters. The smallest absolute Gasteiger partial charge is 0.305 e. The molecule has 0 bridgehead atoms. The summed E-state index contributed by atoms with van der Waals surface area (Å²) in [4.78, 5) is 10.9. The van der Waals surface area contributed by atoms with E-state index in [2.05, 4.69) is 0 Å². The zero-order chi connectivity index (χ0) is 11.1. The van der Waals surface area contributed by atoms with E-state index in [1.165, 1.54) is 6.92 Å². The molecule has 1 aromatic rings. The number of hydrogen-bond acceptors (Lipinski definition) is 3. The number of aryl methyl sites for hydroxylation is 1. The molecule has 80 valence electrons. The lowest BCUT2D eigenvalue weighted by atomic mass is 10.1. The van der Waals surface area contributed by atoms with Crippen LogP contribution in [0.3, 0.4) is 0 Å². The van der Waals surface area contributed by atoms with Gasteiger partial charge in [-0.25, -0.2) is 0 Å². The van der Waals surface area contributed by atoms with Crippen LogP contribution in [0.5, 0.6) is 0 Å². The van der Waals surface area contributed by atoms with Crippen LogP contribution in [0.2, 0.25) is 5.02 Å². The molecule has 1 atom stereocenters. The molecule has 4 heteroatoms. The maximum Gasteiger partial charge on any atom is 0.305 e. The summed E-state index contributed by atoms with van der Waals surface area (Å²) in [6, 6.07) is 5.17. The van der Waals surface area contributed by atoms with E-state index < -0.39 is 11.8 Å². The lowest BCUT2D eigenvalue weighted by molar-refractivity contribution is -0.211. The van der Waals surface area contributed by atoms with E-state index in [9.17, 15) is 9.90 Å². The molecular formula is C11H11ClO3. The van der Waals surface area contributed by atoms with Gasteiger partial charge in [-0.3, -0.25) is 4.79 Å². The molecule has 3 nitrogen and oxygen atoms in total. The SMILES string of the molecule is CC(=O)OC1(O)CCc2cc(Cl)ccc21. The first-order chi connectivity index (χ1) is 7.01. The summed E-state index contributed by atoms with van der Waals surface area (Å²) in [5.74, 6) is -1.95. The molecule has 15 heavy (non-hydrogen) atoms. The van der Waals surface area contributed by atoms with Gasteiger partial charge in [-0.1, -0.05) is 17.7 Å².